The first-order chi connectivity index (χ1) is 13.2. The molecule has 1 N–H and O–H groups in total. The number of nitrogens with one attached hydrogen (secondary N) is 1. The molecule has 132 valence electrons. The van der Waals surface area contributed by atoms with Gasteiger partial charge >= 0.3 is 0 Å². The molecule has 1 aliphatic heterocycles. The fraction of sp³-hybridized carbons (Fsp3) is 0.100. The van der Waals surface area contributed by atoms with E-state index in [2.05, 4.69) is 15.3 Å². The maximum atomic E-state index is 11.7. The van der Waals surface area contributed by atoms with Gasteiger partial charge in [0, 0.05) is 35.4 Å². The summed E-state index contributed by atoms with van der Waals surface area (Å²) in [5.74, 6) is 1.10. The van der Waals surface area contributed by atoms with Gasteiger partial charge in [0.15, 0.2) is 6.61 Å². The van der Waals surface area contributed by atoms with Crippen LogP contribution in [0.15, 0.2) is 55.0 Å². The topological polar surface area (TPSA) is 81.4 Å². The number of hydrogen-bond donors (Lipinski definition) is 1. The van der Waals surface area contributed by atoms with Crippen molar-refractivity contribution >= 4 is 17.4 Å². The van der Waals surface area contributed by atoms with E-state index in [0.717, 1.165) is 28.2 Å². The average Bonchev–Trinajstić information content (AvgIpc) is 3.07. The van der Waals surface area contributed by atoms with Crippen molar-refractivity contribution in [2.45, 2.75) is 6.92 Å². The lowest BCUT2D eigenvalue weighted by atomic mass is 10.0. The Morgan fingerprint density at radius 2 is 2.04 bits per heavy atom. The molecule has 1 aromatic carbocycles. The van der Waals surface area contributed by atoms with Gasteiger partial charge in [-0.3, -0.25) is 14.2 Å². The minimum Gasteiger partial charge on any atom is -0.482 e. The van der Waals surface area contributed by atoms with Crippen LogP contribution in [0.3, 0.4) is 0 Å². The molecule has 0 unspecified atom stereocenters. The van der Waals surface area contributed by atoms with Crippen molar-refractivity contribution in [3.63, 3.8) is 0 Å². The molecule has 0 saturated heterocycles. The van der Waals surface area contributed by atoms with Crippen LogP contribution in [-0.4, -0.2) is 31.9 Å². The molecule has 7 nitrogen and oxygen atoms in total. The van der Waals surface area contributed by atoms with E-state index in [1.165, 1.54) is 0 Å². The van der Waals surface area contributed by atoms with Gasteiger partial charge in [-0.05, 0) is 43.3 Å². The second kappa shape index (κ2) is 5.91. The zero-order valence-electron chi connectivity index (χ0n) is 14.5. The van der Waals surface area contributed by atoms with E-state index < -0.39 is 0 Å². The monoisotopic (exact) mass is 357 g/mol. The smallest absolute Gasteiger partial charge is 0.262 e. The molecule has 0 fully saturated rings. The number of aromatic nitrogens is 4. The molecular formula is C20H15N5O2. The van der Waals surface area contributed by atoms with Crippen molar-refractivity contribution < 1.29 is 9.53 Å². The van der Waals surface area contributed by atoms with E-state index in [4.69, 9.17) is 9.72 Å². The molecule has 4 heterocycles. The van der Waals surface area contributed by atoms with Crippen LogP contribution in [0, 0.1) is 6.92 Å². The van der Waals surface area contributed by atoms with Gasteiger partial charge in [-0.25, -0.2) is 9.97 Å². The third-order valence-electron chi connectivity index (χ3n) is 4.46. The highest BCUT2D eigenvalue weighted by Crippen LogP contribution is 2.37. The number of fused-ring (bicyclic) bond motifs is 2. The summed E-state index contributed by atoms with van der Waals surface area (Å²) in [6, 6.07) is 11.5. The summed E-state index contributed by atoms with van der Waals surface area (Å²) in [5, 5.41) is 2.86. The van der Waals surface area contributed by atoms with Crippen LogP contribution >= 0.6 is 0 Å². The van der Waals surface area contributed by atoms with Crippen LogP contribution < -0.4 is 10.1 Å². The number of aryl methyl sites for hydroxylation is 1. The summed E-state index contributed by atoms with van der Waals surface area (Å²) in [7, 11) is 0. The van der Waals surface area contributed by atoms with Crippen LogP contribution in [0.5, 0.6) is 5.75 Å². The number of carbonyl (C=O) groups is 1. The number of benzene rings is 1. The minimum atomic E-state index is -0.163. The first-order valence-corrected chi connectivity index (χ1v) is 8.52. The third kappa shape index (κ3) is 2.60. The number of rotatable bonds is 2. The predicted octanol–water partition coefficient (Wildman–Crippen LogP) is 3.10. The normalized spacial score (nSPS) is 13.1. The maximum absolute atomic E-state index is 11.7. The fourth-order valence-corrected chi connectivity index (χ4v) is 3.29. The molecule has 0 aliphatic carbocycles. The van der Waals surface area contributed by atoms with Gasteiger partial charge in [-0.15, -0.1) is 0 Å². The molecule has 1 aliphatic rings. The van der Waals surface area contributed by atoms with E-state index in [-0.39, 0.29) is 12.5 Å². The molecule has 0 saturated carbocycles. The SMILES string of the molecule is Cc1cc(-c2nc3ncccn3c2-c2ccc3c(c2)NC(=O)CO3)ccn1. The number of carbonyl (C=O) groups excluding carboxylic acids is 1. The standard InChI is InChI=1S/C20H15N5O2/c1-12-9-13(5-7-21-12)18-19(25-8-2-6-22-20(25)24-18)14-3-4-16-15(10-14)23-17(26)11-27-16/h2-10H,11H2,1H3,(H,23,26). The summed E-state index contributed by atoms with van der Waals surface area (Å²) >= 11 is 0. The van der Waals surface area contributed by atoms with Crippen LogP contribution in [0.4, 0.5) is 5.69 Å². The Kier molecular flexibility index (Phi) is 3.39. The van der Waals surface area contributed by atoms with Crippen molar-refractivity contribution in [1.29, 1.82) is 0 Å². The minimum absolute atomic E-state index is 0.0351. The largest absolute Gasteiger partial charge is 0.482 e. The number of nitrogens with zero attached hydrogens (tertiary/aromatic N) is 4. The lowest BCUT2D eigenvalue weighted by Gasteiger charge is -2.18. The average molecular weight is 357 g/mol. The van der Waals surface area contributed by atoms with Crippen LogP contribution in [-0.2, 0) is 4.79 Å². The molecular weight excluding hydrogens is 342 g/mol. The highest BCUT2D eigenvalue weighted by molar-refractivity contribution is 5.96. The molecule has 3 aromatic heterocycles. The van der Waals surface area contributed by atoms with Gasteiger partial charge < -0.3 is 10.1 Å². The zero-order chi connectivity index (χ0) is 18.4. The summed E-state index contributed by atoms with van der Waals surface area (Å²) < 4.78 is 7.41. The van der Waals surface area contributed by atoms with Crippen molar-refractivity contribution in [3.05, 3.63) is 60.7 Å². The van der Waals surface area contributed by atoms with Crippen molar-refractivity contribution in [2.24, 2.45) is 0 Å². The van der Waals surface area contributed by atoms with E-state index in [1.807, 2.05) is 53.9 Å². The second-order valence-corrected chi connectivity index (χ2v) is 6.33. The Hall–Kier alpha value is -3.74. The molecule has 0 spiro atoms. The van der Waals surface area contributed by atoms with Gasteiger partial charge in [0.1, 0.15) is 5.75 Å². The van der Waals surface area contributed by atoms with Crippen molar-refractivity contribution in [1.82, 2.24) is 19.4 Å². The second-order valence-electron chi connectivity index (χ2n) is 6.33. The Morgan fingerprint density at radius 1 is 1.11 bits per heavy atom. The maximum Gasteiger partial charge on any atom is 0.262 e. The lowest BCUT2D eigenvalue weighted by molar-refractivity contribution is -0.118. The van der Waals surface area contributed by atoms with Crippen LogP contribution in [0.1, 0.15) is 5.69 Å². The Morgan fingerprint density at radius 3 is 2.93 bits per heavy atom. The molecule has 0 bridgehead atoms. The van der Waals surface area contributed by atoms with Gasteiger partial charge in [0.05, 0.1) is 17.1 Å². The van der Waals surface area contributed by atoms with Crippen molar-refractivity contribution in [2.75, 3.05) is 11.9 Å². The highest BCUT2D eigenvalue weighted by Gasteiger charge is 2.21. The molecule has 4 aromatic rings. The molecule has 7 heteroatoms. The first kappa shape index (κ1) is 15.5. The number of anilines is 1. The number of imidazole rings is 1. The molecule has 5 rings (SSSR count). The molecule has 0 radical (unpaired) electrons. The lowest BCUT2D eigenvalue weighted by Crippen LogP contribution is -2.25. The highest BCUT2D eigenvalue weighted by atomic mass is 16.5. The predicted molar refractivity (Wildman–Crippen MR) is 101 cm³/mol. The number of ether oxygens (including phenoxy) is 1. The summed E-state index contributed by atoms with van der Waals surface area (Å²) in [6.45, 7) is 1.98. The van der Waals surface area contributed by atoms with Crippen LogP contribution in [0.2, 0.25) is 0 Å². The summed E-state index contributed by atoms with van der Waals surface area (Å²) in [5.41, 5.74) is 5.13. The Bertz CT molecular complexity index is 1200. The number of pyridine rings is 1. The first-order valence-electron chi connectivity index (χ1n) is 8.52. The third-order valence-corrected chi connectivity index (χ3v) is 4.46. The quantitative estimate of drug-likeness (QED) is 0.596. The van der Waals surface area contributed by atoms with E-state index in [1.54, 1.807) is 12.4 Å². The van der Waals surface area contributed by atoms with Gasteiger partial charge in [0.25, 0.3) is 5.91 Å². The number of hydrogen-bond acceptors (Lipinski definition) is 5. The molecule has 27 heavy (non-hydrogen) atoms. The van der Waals surface area contributed by atoms with Crippen molar-refractivity contribution in [3.8, 4) is 28.3 Å². The Labute approximate surface area is 154 Å². The summed E-state index contributed by atoms with van der Waals surface area (Å²) in [6.07, 6.45) is 5.41. The van der Waals surface area contributed by atoms with E-state index in [0.29, 0.717) is 17.2 Å². The van der Waals surface area contributed by atoms with Crippen LogP contribution in [0.25, 0.3) is 28.3 Å². The van der Waals surface area contributed by atoms with Gasteiger partial charge in [0.2, 0.25) is 5.78 Å². The molecule has 0 atom stereocenters. The Balaban J connectivity index is 1.76. The van der Waals surface area contributed by atoms with Gasteiger partial charge in [-0.1, -0.05) is 0 Å². The van der Waals surface area contributed by atoms with Gasteiger partial charge in [-0.2, -0.15) is 0 Å². The van der Waals surface area contributed by atoms with E-state index in [9.17, 15) is 4.79 Å². The zero-order valence-corrected chi connectivity index (χ0v) is 14.5. The summed E-state index contributed by atoms with van der Waals surface area (Å²) in [4.78, 5) is 25.1. The van der Waals surface area contributed by atoms with E-state index >= 15 is 0 Å². The fourth-order valence-electron chi connectivity index (χ4n) is 3.29. The number of amides is 1. The molecule has 1 amide bonds.